The smallest absolute Gasteiger partial charge is 0.412 e. The number of nitrogens with one attached hydrogen (secondary N) is 1. The molecule has 1 amide bonds. The number of aromatic nitrogens is 4. The van der Waals surface area contributed by atoms with Gasteiger partial charge in [-0.25, -0.2) is 19.7 Å². The number of alkyl carbamates (subject to hydrolysis) is 1. The van der Waals surface area contributed by atoms with Crippen LogP contribution in [0.2, 0.25) is 0 Å². The molecule has 144 valence electrons. The van der Waals surface area contributed by atoms with Crippen LogP contribution in [0.4, 0.5) is 10.6 Å². The van der Waals surface area contributed by atoms with Crippen LogP contribution in [0.1, 0.15) is 20.1 Å². The molecule has 4 heterocycles. The SMILES string of the molecule is C=COC(=O)NC[C@H]1O[C@@H](n2cnc3c(N)ncnc32)[C@@H]2OC(C)(C)O[C@@H]21. The zero-order chi connectivity index (χ0) is 19.2. The molecule has 0 aliphatic carbocycles. The standard InChI is InChI=1S/C16H20N6O5/c1-4-24-15(23)18-5-8-10-11(27-16(2,3)26-10)14(25-8)22-7-21-9-12(17)19-6-20-13(9)22/h4,6-8,10-11,14H,1,5H2,2-3H3,(H,18,23)(H2,17,19,20)/t8-,10-,11-,14-/m1/s1. The van der Waals surface area contributed by atoms with Gasteiger partial charge in [0.1, 0.15) is 30.2 Å². The van der Waals surface area contributed by atoms with Crippen LogP contribution in [0.5, 0.6) is 0 Å². The number of carbonyl (C=O) groups excluding carboxylic acids is 1. The fraction of sp³-hybridized carbons (Fsp3) is 0.500. The lowest BCUT2D eigenvalue weighted by Crippen LogP contribution is -2.39. The summed E-state index contributed by atoms with van der Waals surface area (Å²) in [7, 11) is 0. The molecule has 0 bridgehead atoms. The average molecular weight is 376 g/mol. The summed E-state index contributed by atoms with van der Waals surface area (Å²) >= 11 is 0. The van der Waals surface area contributed by atoms with Gasteiger partial charge >= 0.3 is 6.09 Å². The van der Waals surface area contributed by atoms with E-state index in [4.69, 9.17) is 19.9 Å². The van der Waals surface area contributed by atoms with E-state index in [1.165, 1.54) is 6.33 Å². The van der Waals surface area contributed by atoms with E-state index in [0.717, 1.165) is 6.26 Å². The molecule has 0 aromatic carbocycles. The molecule has 3 N–H and O–H groups in total. The Morgan fingerprint density at radius 3 is 2.96 bits per heavy atom. The van der Waals surface area contributed by atoms with Crippen molar-refractivity contribution in [1.82, 2.24) is 24.8 Å². The van der Waals surface area contributed by atoms with Crippen LogP contribution >= 0.6 is 0 Å². The number of carbonyl (C=O) groups is 1. The number of hydrogen-bond acceptors (Lipinski definition) is 9. The van der Waals surface area contributed by atoms with Crippen LogP contribution in [0.15, 0.2) is 25.5 Å². The van der Waals surface area contributed by atoms with Gasteiger partial charge in [-0.1, -0.05) is 6.58 Å². The van der Waals surface area contributed by atoms with Crippen molar-refractivity contribution in [1.29, 1.82) is 0 Å². The van der Waals surface area contributed by atoms with Crippen LogP contribution in [0, 0.1) is 0 Å². The van der Waals surface area contributed by atoms with Crippen molar-refractivity contribution >= 4 is 23.1 Å². The predicted molar refractivity (Wildman–Crippen MR) is 92.2 cm³/mol. The van der Waals surface area contributed by atoms with Crippen molar-refractivity contribution < 1.29 is 23.7 Å². The van der Waals surface area contributed by atoms with E-state index < -0.39 is 36.4 Å². The van der Waals surface area contributed by atoms with Crippen molar-refractivity contribution in [3.05, 3.63) is 25.5 Å². The van der Waals surface area contributed by atoms with Crippen molar-refractivity contribution in [3.8, 4) is 0 Å². The first-order valence-electron chi connectivity index (χ1n) is 8.39. The summed E-state index contributed by atoms with van der Waals surface area (Å²) in [6.45, 7) is 7.17. The fourth-order valence-corrected chi connectivity index (χ4v) is 3.40. The first kappa shape index (κ1) is 17.6. The van der Waals surface area contributed by atoms with E-state index in [1.807, 2.05) is 13.8 Å². The lowest BCUT2D eigenvalue weighted by molar-refractivity contribution is -0.195. The molecule has 4 atom stereocenters. The van der Waals surface area contributed by atoms with Crippen LogP contribution in [0.3, 0.4) is 0 Å². The Hall–Kier alpha value is -2.76. The fourth-order valence-electron chi connectivity index (χ4n) is 3.40. The summed E-state index contributed by atoms with van der Waals surface area (Å²) in [6, 6.07) is 0. The zero-order valence-corrected chi connectivity index (χ0v) is 14.9. The molecule has 27 heavy (non-hydrogen) atoms. The zero-order valence-electron chi connectivity index (χ0n) is 14.9. The molecule has 11 heteroatoms. The Labute approximate surface area is 154 Å². The van der Waals surface area contributed by atoms with E-state index in [9.17, 15) is 4.79 Å². The number of hydrogen-bond donors (Lipinski definition) is 2. The van der Waals surface area contributed by atoms with Gasteiger partial charge in [-0.3, -0.25) is 4.57 Å². The molecule has 4 rings (SSSR count). The number of imidazole rings is 1. The Morgan fingerprint density at radius 1 is 1.41 bits per heavy atom. The summed E-state index contributed by atoms with van der Waals surface area (Å²) < 4.78 is 24.5. The third kappa shape index (κ3) is 3.09. The Kier molecular flexibility index (Phi) is 4.21. The monoisotopic (exact) mass is 376 g/mol. The highest BCUT2D eigenvalue weighted by Gasteiger charge is 2.56. The van der Waals surface area contributed by atoms with Gasteiger partial charge in [0.15, 0.2) is 23.5 Å². The lowest BCUT2D eigenvalue weighted by Gasteiger charge is -2.24. The average Bonchev–Trinajstić information content (AvgIpc) is 3.25. The lowest BCUT2D eigenvalue weighted by atomic mass is 10.1. The maximum Gasteiger partial charge on any atom is 0.412 e. The normalized spacial score (nSPS) is 28.8. The highest BCUT2D eigenvalue weighted by Crippen LogP contribution is 2.43. The molecule has 0 spiro atoms. The largest absolute Gasteiger partial charge is 0.419 e. The molecule has 2 aliphatic heterocycles. The van der Waals surface area contributed by atoms with Crippen LogP contribution < -0.4 is 11.1 Å². The number of nitrogen functional groups attached to an aromatic ring is 1. The molecular formula is C16H20N6O5. The van der Waals surface area contributed by atoms with E-state index in [2.05, 4.69) is 31.6 Å². The summed E-state index contributed by atoms with van der Waals surface area (Å²) in [6.07, 6.45) is 1.53. The third-order valence-electron chi connectivity index (χ3n) is 4.42. The summed E-state index contributed by atoms with van der Waals surface area (Å²) in [5, 5.41) is 2.61. The molecule has 2 fully saturated rings. The summed E-state index contributed by atoms with van der Waals surface area (Å²) in [4.78, 5) is 24.0. The van der Waals surface area contributed by atoms with Gasteiger partial charge in [-0.05, 0) is 13.8 Å². The van der Waals surface area contributed by atoms with E-state index in [-0.39, 0.29) is 12.4 Å². The van der Waals surface area contributed by atoms with Crippen molar-refractivity contribution in [3.63, 3.8) is 0 Å². The molecule has 0 saturated carbocycles. The number of rotatable bonds is 4. The summed E-state index contributed by atoms with van der Waals surface area (Å²) in [5.41, 5.74) is 6.87. The molecule has 0 unspecified atom stereocenters. The van der Waals surface area contributed by atoms with Crippen LogP contribution in [-0.4, -0.2) is 56.3 Å². The highest BCUT2D eigenvalue weighted by atomic mass is 16.8. The molecule has 2 aromatic heterocycles. The Balaban J connectivity index is 1.62. The third-order valence-corrected chi connectivity index (χ3v) is 4.42. The molecule has 11 nitrogen and oxygen atoms in total. The second-order valence-electron chi connectivity index (χ2n) is 6.67. The number of nitrogens with zero attached hydrogens (tertiary/aromatic N) is 4. The number of nitrogens with two attached hydrogens (primary N) is 1. The molecule has 0 radical (unpaired) electrons. The molecule has 2 aliphatic rings. The van der Waals surface area contributed by atoms with E-state index >= 15 is 0 Å². The van der Waals surface area contributed by atoms with Crippen molar-refractivity contribution in [2.75, 3.05) is 12.3 Å². The Bertz CT molecular complexity index is 883. The number of ether oxygens (including phenoxy) is 4. The summed E-state index contributed by atoms with van der Waals surface area (Å²) in [5.74, 6) is -0.510. The minimum Gasteiger partial charge on any atom is -0.419 e. The first-order chi connectivity index (χ1) is 12.9. The highest BCUT2D eigenvalue weighted by molar-refractivity contribution is 5.81. The number of amides is 1. The molecule has 2 saturated heterocycles. The first-order valence-corrected chi connectivity index (χ1v) is 8.39. The van der Waals surface area contributed by atoms with Gasteiger partial charge in [-0.2, -0.15) is 0 Å². The quantitative estimate of drug-likeness (QED) is 0.739. The van der Waals surface area contributed by atoms with Gasteiger partial charge in [-0.15, -0.1) is 0 Å². The number of anilines is 1. The predicted octanol–water partition coefficient (Wildman–Crippen LogP) is 0.696. The van der Waals surface area contributed by atoms with Crippen LogP contribution in [0.25, 0.3) is 11.2 Å². The minimum atomic E-state index is -0.790. The Morgan fingerprint density at radius 2 is 2.19 bits per heavy atom. The van der Waals surface area contributed by atoms with Gasteiger partial charge in [0.2, 0.25) is 0 Å². The second-order valence-corrected chi connectivity index (χ2v) is 6.67. The van der Waals surface area contributed by atoms with E-state index in [1.54, 1.807) is 10.9 Å². The van der Waals surface area contributed by atoms with Crippen molar-refractivity contribution in [2.45, 2.75) is 44.2 Å². The van der Waals surface area contributed by atoms with Gasteiger partial charge < -0.3 is 30.0 Å². The van der Waals surface area contributed by atoms with Gasteiger partial charge in [0.25, 0.3) is 0 Å². The molecule has 2 aromatic rings. The molecular weight excluding hydrogens is 356 g/mol. The minimum absolute atomic E-state index is 0.174. The van der Waals surface area contributed by atoms with Gasteiger partial charge in [0.05, 0.1) is 12.6 Å². The number of fused-ring (bicyclic) bond motifs is 2. The van der Waals surface area contributed by atoms with Crippen molar-refractivity contribution in [2.24, 2.45) is 0 Å². The topological polar surface area (TPSA) is 136 Å². The maximum atomic E-state index is 11.6. The van der Waals surface area contributed by atoms with E-state index in [0.29, 0.717) is 11.2 Å². The van der Waals surface area contributed by atoms with Gasteiger partial charge in [0, 0.05) is 6.54 Å². The maximum absolute atomic E-state index is 11.6. The second kappa shape index (κ2) is 6.44. The van der Waals surface area contributed by atoms with Crippen LogP contribution in [-0.2, 0) is 18.9 Å².